The van der Waals surface area contributed by atoms with Crippen LogP contribution in [0.1, 0.15) is 124 Å². The summed E-state index contributed by atoms with van der Waals surface area (Å²) in [7, 11) is 0. The van der Waals surface area contributed by atoms with Gasteiger partial charge in [-0.1, -0.05) is 105 Å². The molecule has 28 heavy (non-hydrogen) atoms. The van der Waals surface area contributed by atoms with Gasteiger partial charge in [0, 0.05) is 13.0 Å². The van der Waals surface area contributed by atoms with E-state index in [1.807, 2.05) is 0 Å². The van der Waals surface area contributed by atoms with Crippen molar-refractivity contribution in [1.29, 1.82) is 0 Å². The molecule has 0 aromatic heterocycles. The molecule has 3 nitrogen and oxygen atoms in total. The minimum absolute atomic E-state index is 0.243. The molecule has 1 amide bonds. The fourth-order valence-corrected chi connectivity index (χ4v) is 3.76. The van der Waals surface area contributed by atoms with Crippen LogP contribution in [0.3, 0.4) is 0 Å². The van der Waals surface area contributed by atoms with Crippen LogP contribution >= 0.6 is 0 Å². The Bertz CT molecular complexity index is 327. The summed E-state index contributed by atoms with van der Waals surface area (Å²) < 4.78 is 0. The Morgan fingerprint density at radius 2 is 1.18 bits per heavy atom. The average molecular weight is 397 g/mol. The molecule has 0 aromatic carbocycles. The monoisotopic (exact) mass is 396 g/mol. The molecule has 3 heteroatoms. The highest BCUT2D eigenvalue weighted by atomic mass is 16.1. The van der Waals surface area contributed by atoms with Gasteiger partial charge in [-0.3, -0.25) is 4.79 Å². The smallest absolute Gasteiger partial charge is 0.219 e. The van der Waals surface area contributed by atoms with Gasteiger partial charge in [0.25, 0.3) is 0 Å². The zero-order chi connectivity index (χ0) is 20.9. The maximum absolute atomic E-state index is 11.8. The van der Waals surface area contributed by atoms with Gasteiger partial charge in [-0.05, 0) is 38.4 Å². The van der Waals surface area contributed by atoms with Crippen molar-refractivity contribution in [2.45, 2.75) is 124 Å². The number of amides is 1. The molecule has 0 aliphatic heterocycles. The maximum Gasteiger partial charge on any atom is 0.219 e. The van der Waals surface area contributed by atoms with E-state index in [-0.39, 0.29) is 5.91 Å². The third-order valence-corrected chi connectivity index (χ3v) is 5.80. The first-order valence-electron chi connectivity index (χ1n) is 12.6. The minimum atomic E-state index is 0.243. The van der Waals surface area contributed by atoms with E-state index in [1.165, 1.54) is 77.0 Å². The van der Waals surface area contributed by atoms with Gasteiger partial charge in [-0.25, -0.2) is 0 Å². The van der Waals surface area contributed by atoms with Crippen molar-refractivity contribution in [3.05, 3.63) is 0 Å². The van der Waals surface area contributed by atoms with Crippen molar-refractivity contribution in [2.24, 2.45) is 5.92 Å². The van der Waals surface area contributed by atoms with Crippen LogP contribution in [0.4, 0.5) is 0 Å². The molecule has 0 fully saturated rings. The highest BCUT2D eigenvalue weighted by Gasteiger charge is 2.02. The lowest BCUT2D eigenvalue weighted by molar-refractivity contribution is -0.121. The van der Waals surface area contributed by atoms with Gasteiger partial charge in [0.05, 0.1) is 0 Å². The first kappa shape index (κ1) is 27.4. The van der Waals surface area contributed by atoms with E-state index < -0.39 is 0 Å². The van der Waals surface area contributed by atoms with E-state index in [4.69, 9.17) is 0 Å². The van der Waals surface area contributed by atoms with Gasteiger partial charge >= 0.3 is 0 Å². The summed E-state index contributed by atoms with van der Waals surface area (Å²) in [6.07, 6.45) is 19.4. The molecule has 0 unspecified atom stereocenters. The summed E-state index contributed by atoms with van der Waals surface area (Å²) in [6, 6.07) is 0. The normalized spacial score (nSPS) is 11.5. The molecule has 0 saturated heterocycles. The predicted molar refractivity (Wildman–Crippen MR) is 125 cm³/mol. The minimum Gasteiger partial charge on any atom is -0.356 e. The molecule has 0 rings (SSSR count). The summed E-state index contributed by atoms with van der Waals surface area (Å²) in [4.78, 5) is 14.2. The molecule has 0 spiro atoms. The maximum atomic E-state index is 11.8. The lowest BCUT2D eigenvalue weighted by Crippen LogP contribution is -2.29. The van der Waals surface area contributed by atoms with Crippen molar-refractivity contribution in [2.75, 3.05) is 26.2 Å². The molecular formula is C25H52N2O. The summed E-state index contributed by atoms with van der Waals surface area (Å²) in [5.74, 6) is 1.12. The largest absolute Gasteiger partial charge is 0.356 e. The van der Waals surface area contributed by atoms with Gasteiger partial charge in [-0.2, -0.15) is 0 Å². The van der Waals surface area contributed by atoms with E-state index in [2.05, 4.69) is 37.9 Å². The average Bonchev–Trinajstić information content (AvgIpc) is 2.68. The van der Waals surface area contributed by atoms with E-state index in [1.54, 1.807) is 0 Å². The number of nitrogens with zero attached hydrogens (tertiary/aromatic N) is 1. The van der Waals surface area contributed by atoms with Crippen LogP contribution in [0.25, 0.3) is 0 Å². The second-order valence-corrected chi connectivity index (χ2v) is 8.91. The fraction of sp³-hybridized carbons (Fsp3) is 0.960. The number of nitrogens with one attached hydrogen (secondary N) is 1. The number of carbonyl (C=O) groups is 1. The third kappa shape index (κ3) is 20.2. The van der Waals surface area contributed by atoms with Gasteiger partial charge in [-0.15, -0.1) is 0 Å². The van der Waals surface area contributed by atoms with Gasteiger partial charge in [0.1, 0.15) is 0 Å². The zero-order valence-electron chi connectivity index (χ0n) is 19.9. The number of hydrogen-bond acceptors (Lipinski definition) is 2. The van der Waals surface area contributed by atoms with Crippen LogP contribution in [0.15, 0.2) is 0 Å². The Balaban J connectivity index is 3.21. The SMILES string of the molecule is CCN(CC)CCCNC(=O)CCCCCCCCCCCCCCC(C)C. The second-order valence-electron chi connectivity index (χ2n) is 8.91. The molecule has 0 heterocycles. The summed E-state index contributed by atoms with van der Waals surface area (Å²) in [5, 5.41) is 3.07. The van der Waals surface area contributed by atoms with Crippen LogP contribution in [0.2, 0.25) is 0 Å². The lowest BCUT2D eigenvalue weighted by Gasteiger charge is -2.17. The van der Waals surface area contributed by atoms with Crippen LogP contribution < -0.4 is 5.32 Å². The first-order valence-corrected chi connectivity index (χ1v) is 12.6. The molecular weight excluding hydrogens is 344 g/mol. The quantitative estimate of drug-likeness (QED) is 0.213. The zero-order valence-corrected chi connectivity index (χ0v) is 19.9. The van der Waals surface area contributed by atoms with Crippen LogP contribution in [-0.2, 0) is 4.79 Å². The van der Waals surface area contributed by atoms with Gasteiger partial charge in [0.15, 0.2) is 0 Å². The Hall–Kier alpha value is -0.570. The molecule has 0 bridgehead atoms. The van der Waals surface area contributed by atoms with Gasteiger partial charge < -0.3 is 10.2 Å². The number of rotatable bonds is 21. The standard InChI is InChI=1S/C25H52N2O/c1-5-27(6-2)23-19-22-26-25(28)21-18-16-14-12-10-8-7-9-11-13-15-17-20-24(3)4/h24H,5-23H2,1-4H3,(H,26,28). The number of unbranched alkanes of at least 4 members (excludes halogenated alkanes) is 11. The number of hydrogen-bond donors (Lipinski definition) is 1. The molecule has 1 N–H and O–H groups in total. The predicted octanol–water partition coefficient (Wildman–Crippen LogP) is 6.95. The molecule has 0 radical (unpaired) electrons. The molecule has 0 atom stereocenters. The van der Waals surface area contributed by atoms with Crippen molar-refractivity contribution in [1.82, 2.24) is 10.2 Å². The summed E-state index contributed by atoms with van der Waals surface area (Å²) in [5.41, 5.74) is 0. The lowest BCUT2D eigenvalue weighted by atomic mass is 10.0. The fourth-order valence-electron chi connectivity index (χ4n) is 3.76. The Morgan fingerprint density at radius 3 is 1.64 bits per heavy atom. The Morgan fingerprint density at radius 1 is 0.714 bits per heavy atom. The molecule has 0 aliphatic rings. The topological polar surface area (TPSA) is 32.3 Å². The van der Waals surface area contributed by atoms with Crippen LogP contribution in [0.5, 0.6) is 0 Å². The molecule has 0 aromatic rings. The van der Waals surface area contributed by atoms with E-state index in [0.717, 1.165) is 44.9 Å². The molecule has 0 saturated carbocycles. The summed E-state index contributed by atoms with van der Waals surface area (Å²) >= 11 is 0. The van der Waals surface area contributed by atoms with Crippen molar-refractivity contribution in [3.8, 4) is 0 Å². The molecule has 168 valence electrons. The van der Waals surface area contributed by atoms with E-state index in [0.29, 0.717) is 6.42 Å². The third-order valence-electron chi connectivity index (χ3n) is 5.80. The molecule has 0 aliphatic carbocycles. The van der Waals surface area contributed by atoms with Crippen LogP contribution in [0, 0.1) is 5.92 Å². The van der Waals surface area contributed by atoms with E-state index >= 15 is 0 Å². The van der Waals surface area contributed by atoms with Crippen molar-refractivity contribution in [3.63, 3.8) is 0 Å². The highest BCUT2D eigenvalue weighted by Crippen LogP contribution is 2.14. The van der Waals surface area contributed by atoms with Crippen molar-refractivity contribution >= 4 is 5.91 Å². The summed E-state index contributed by atoms with van der Waals surface area (Å²) in [6.45, 7) is 13.1. The van der Waals surface area contributed by atoms with Gasteiger partial charge in [0.2, 0.25) is 5.91 Å². The van der Waals surface area contributed by atoms with Crippen molar-refractivity contribution < 1.29 is 4.79 Å². The first-order chi connectivity index (χ1) is 13.6. The Labute approximate surface area is 177 Å². The Kier molecular flexibility index (Phi) is 20.7. The highest BCUT2D eigenvalue weighted by molar-refractivity contribution is 5.75. The van der Waals surface area contributed by atoms with Crippen LogP contribution in [-0.4, -0.2) is 37.0 Å². The van der Waals surface area contributed by atoms with E-state index in [9.17, 15) is 4.79 Å². The second kappa shape index (κ2) is 21.1. The number of carbonyl (C=O) groups excluding carboxylic acids is 1.